The Kier molecular flexibility index (Phi) is 3.99. The van der Waals surface area contributed by atoms with E-state index in [1.165, 1.54) is 4.90 Å². The van der Waals surface area contributed by atoms with E-state index < -0.39 is 0 Å². The molecule has 0 radical (unpaired) electrons. The van der Waals surface area contributed by atoms with Crippen molar-refractivity contribution < 1.29 is 9.57 Å². The van der Waals surface area contributed by atoms with E-state index in [1.807, 2.05) is 13.0 Å². The van der Waals surface area contributed by atoms with Crippen LogP contribution in [0.5, 0.6) is 5.75 Å². The number of oxime groups is 1. The minimum absolute atomic E-state index is 0.0371. The summed E-state index contributed by atoms with van der Waals surface area (Å²) >= 11 is 5.20. The SMILES string of the molecule is COc1c(Br)ccc(SC)c1C1CC(C)=NO1. The molecule has 3 nitrogen and oxygen atoms in total. The Labute approximate surface area is 114 Å². The van der Waals surface area contributed by atoms with E-state index in [0.717, 1.165) is 27.9 Å². The van der Waals surface area contributed by atoms with Gasteiger partial charge in [-0.25, -0.2) is 0 Å². The third kappa shape index (κ3) is 2.45. The van der Waals surface area contributed by atoms with Gasteiger partial charge in [-0.3, -0.25) is 0 Å². The molecular weight excluding hydrogens is 302 g/mol. The van der Waals surface area contributed by atoms with Crippen LogP contribution in [0.2, 0.25) is 0 Å². The van der Waals surface area contributed by atoms with E-state index in [9.17, 15) is 0 Å². The first-order valence-electron chi connectivity index (χ1n) is 5.27. The first-order chi connectivity index (χ1) is 8.17. The van der Waals surface area contributed by atoms with Crippen molar-refractivity contribution in [3.05, 3.63) is 22.2 Å². The Morgan fingerprint density at radius 2 is 2.29 bits per heavy atom. The third-order valence-corrected chi connectivity index (χ3v) is 4.09. The predicted octanol–water partition coefficient (Wildman–Crippen LogP) is 4.02. The molecule has 1 aliphatic rings. The van der Waals surface area contributed by atoms with Crippen LogP contribution in [0.25, 0.3) is 0 Å². The van der Waals surface area contributed by atoms with Gasteiger partial charge >= 0.3 is 0 Å². The lowest BCUT2D eigenvalue weighted by Gasteiger charge is -2.17. The molecule has 17 heavy (non-hydrogen) atoms. The van der Waals surface area contributed by atoms with Gasteiger partial charge in [0.1, 0.15) is 5.75 Å². The molecule has 2 rings (SSSR count). The summed E-state index contributed by atoms with van der Waals surface area (Å²) in [5, 5.41) is 4.01. The Bertz CT molecular complexity index is 462. The molecule has 92 valence electrons. The monoisotopic (exact) mass is 315 g/mol. The fraction of sp³-hybridized carbons (Fsp3) is 0.417. The maximum absolute atomic E-state index is 5.48. The zero-order valence-corrected chi connectivity index (χ0v) is 12.4. The van der Waals surface area contributed by atoms with Crippen molar-refractivity contribution in [1.29, 1.82) is 0 Å². The standard InChI is InChI=1S/C12H14BrNO2S/c1-7-6-9(16-14-7)11-10(17-3)5-4-8(13)12(11)15-2/h4-5,9H,6H2,1-3H3. The summed E-state index contributed by atoms with van der Waals surface area (Å²) in [4.78, 5) is 6.63. The van der Waals surface area contributed by atoms with E-state index in [1.54, 1.807) is 18.9 Å². The maximum atomic E-state index is 5.48. The molecule has 0 spiro atoms. The van der Waals surface area contributed by atoms with Gasteiger partial charge in [0.25, 0.3) is 0 Å². The predicted molar refractivity (Wildman–Crippen MR) is 74.0 cm³/mol. The van der Waals surface area contributed by atoms with Crippen LogP contribution in [0.1, 0.15) is 25.0 Å². The van der Waals surface area contributed by atoms with Gasteiger partial charge in [0.15, 0.2) is 6.10 Å². The molecule has 1 atom stereocenters. The van der Waals surface area contributed by atoms with Crippen molar-refractivity contribution in [3.63, 3.8) is 0 Å². The van der Waals surface area contributed by atoms with E-state index in [-0.39, 0.29) is 6.10 Å². The summed E-state index contributed by atoms with van der Waals surface area (Å²) in [6.07, 6.45) is 2.83. The molecular formula is C12H14BrNO2S. The van der Waals surface area contributed by atoms with Gasteiger partial charge in [0.05, 0.1) is 22.9 Å². The fourth-order valence-electron chi connectivity index (χ4n) is 1.90. The lowest BCUT2D eigenvalue weighted by Crippen LogP contribution is -2.03. The molecule has 1 aromatic carbocycles. The number of thioether (sulfide) groups is 1. The number of ether oxygens (including phenoxy) is 1. The lowest BCUT2D eigenvalue weighted by molar-refractivity contribution is 0.0816. The first kappa shape index (κ1) is 12.8. The van der Waals surface area contributed by atoms with Gasteiger partial charge in [-0.15, -0.1) is 11.8 Å². The number of halogens is 1. The van der Waals surface area contributed by atoms with Gasteiger partial charge in [0.2, 0.25) is 0 Å². The maximum Gasteiger partial charge on any atom is 0.162 e. The molecule has 1 aromatic rings. The summed E-state index contributed by atoms with van der Waals surface area (Å²) in [6.45, 7) is 1.98. The smallest absolute Gasteiger partial charge is 0.162 e. The molecule has 0 aromatic heterocycles. The Morgan fingerprint density at radius 3 is 2.82 bits per heavy atom. The zero-order valence-electron chi connectivity index (χ0n) is 9.99. The fourth-order valence-corrected chi connectivity index (χ4v) is 3.05. The molecule has 0 saturated heterocycles. The van der Waals surface area contributed by atoms with Crippen LogP contribution in [0.3, 0.4) is 0 Å². The van der Waals surface area contributed by atoms with E-state index in [0.29, 0.717) is 0 Å². The normalized spacial score (nSPS) is 18.8. The quantitative estimate of drug-likeness (QED) is 0.789. The first-order valence-corrected chi connectivity index (χ1v) is 7.28. The summed E-state index contributed by atoms with van der Waals surface area (Å²) < 4.78 is 6.42. The van der Waals surface area contributed by atoms with Crippen LogP contribution >= 0.6 is 27.7 Å². The van der Waals surface area contributed by atoms with Crippen LogP contribution < -0.4 is 4.74 Å². The summed E-state index contributed by atoms with van der Waals surface area (Å²) in [5.74, 6) is 0.840. The number of hydrogen-bond acceptors (Lipinski definition) is 4. The van der Waals surface area contributed by atoms with E-state index in [4.69, 9.17) is 9.57 Å². The number of hydrogen-bond donors (Lipinski definition) is 0. The highest BCUT2D eigenvalue weighted by Crippen LogP contribution is 2.43. The molecule has 0 N–H and O–H groups in total. The summed E-state index contributed by atoms with van der Waals surface area (Å²) in [6, 6.07) is 4.07. The number of methoxy groups -OCH3 is 1. The van der Waals surface area contributed by atoms with E-state index in [2.05, 4.69) is 33.4 Å². The second kappa shape index (κ2) is 5.31. The highest BCUT2D eigenvalue weighted by molar-refractivity contribution is 9.10. The Balaban J connectivity index is 2.46. The molecule has 0 bridgehead atoms. The average Bonchev–Trinajstić information content (AvgIpc) is 2.75. The van der Waals surface area contributed by atoms with Crippen molar-refractivity contribution in [2.24, 2.45) is 5.16 Å². The zero-order chi connectivity index (χ0) is 12.4. The van der Waals surface area contributed by atoms with Crippen LogP contribution in [-0.4, -0.2) is 19.1 Å². The number of rotatable bonds is 3. The number of benzene rings is 1. The molecule has 1 unspecified atom stereocenters. The molecule has 0 amide bonds. The number of nitrogens with zero attached hydrogens (tertiary/aromatic N) is 1. The van der Waals surface area contributed by atoms with Crippen LogP contribution in [-0.2, 0) is 4.84 Å². The second-order valence-corrected chi connectivity index (χ2v) is 5.52. The lowest BCUT2D eigenvalue weighted by atomic mass is 10.0. The molecule has 0 saturated carbocycles. The highest BCUT2D eigenvalue weighted by atomic mass is 79.9. The average molecular weight is 316 g/mol. The summed E-state index contributed by atoms with van der Waals surface area (Å²) in [7, 11) is 1.68. The van der Waals surface area contributed by atoms with Gasteiger partial charge in [-0.05, 0) is 41.2 Å². The van der Waals surface area contributed by atoms with E-state index >= 15 is 0 Å². The van der Waals surface area contributed by atoms with Crippen molar-refractivity contribution in [2.75, 3.05) is 13.4 Å². The van der Waals surface area contributed by atoms with Gasteiger partial charge < -0.3 is 9.57 Å². The van der Waals surface area contributed by atoms with Crippen molar-refractivity contribution in [1.82, 2.24) is 0 Å². The van der Waals surface area contributed by atoms with Crippen LogP contribution in [0.15, 0.2) is 26.7 Å². The van der Waals surface area contributed by atoms with Gasteiger partial charge in [-0.1, -0.05) is 5.16 Å². The van der Waals surface area contributed by atoms with Gasteiger partial charge in [0, 0.05) is 11.3 Å². The van der Waals surface area contributed by atoms with Crippen LogP contribution in [0, 0.1) is 0 Å². The third-order valence-electron chi connectivity index (χ3n) is 2.67. The highest BCUT2D eigenvalue weighted by Gasteiger charge is 2.27. The molecule has 0 aliphatic carbocycles. The molecule has 0 fully saturated rings. The Hall–Kier alpha value is -0.680. The Morgan fingerprint density at radius 1 is 1.53 bits per heavy atom. The van der Waals surface area contributed by atoms with Crippen molar-refractivity contribution >= 4 is 33.4 Å². The van der Waals surface area contributed by atoms with Crippen molar-refractivity contribution in [3.8, 4) is 5.75 Å². The molecule has 1 heterocycles. The minimum atomic E-state index is -0.0371. The van der Waals surface area contributed by atoms with Gasteiger partial charge in [-0.2, -0.15) is 0 Å². The summed E-state index contributed by atoms with van der Waals surface area (Å²) in [5.41, 5.74) is 2.10. The largest absolute Gasteiger partial charge is 0.495 e. The minimum Gasteiger partial charge on any atom is -0.495 e. The van der Waals surface area contributed by atoms with Crippen molar-refractivity contribution in [2.45, 2.75) is 24.3 Å². The topological polar surface area (TPSA) is 30.8 Å². The molecule has 5 heteroatoms. The second-order valence-electron chi connectivity index (χ2n) is 3.82. The van der Waals surface area contributed by atoms with Crippen LogP contribution in [0.4, 0.5) is 0 Å². The molecule has 1 aliphatic heterocycles.